The number of aliphatic hydroxyl groups is 1. The molecule has 1 aliphatic rings. The van der Waals surface area contributed by atoms with Crippen molar-refractivity contribution in [1.29, 1.82) is 0 Å². The van der Waals surface area contributed by atoms with Crippen LogP contribution in [0.2, 0.25) is 5.02 Å². The summed E-state index contributed by atoms with van der Waals surface area (Å²) in [6.07, 6.45) is -5.32. The number of urea groups is 1. The lowest BCUT2D eigenvalue weighted by atomic mass is 9.77. The molecule has 0 spiro atoms. The normalized spacial score (nSPS) is 24.0. The second kappa shape index (κ2) is 8.16. The highest BCUT2D eigenvalue weighted by Gasteiger charge is 2.66. The first-order chi connectivity index (χ1) is 14.1. The fourth-order valence-corrected chi connectivity index (χ4v) is 3.47. The average Bonchev–Trinajstić information content (AvgIpc) is 2.67. The van der Waals surface area contributed by atoms with Crippen LogP contribution in [0.1, 0.15) is 28.9 Å². The van der Waals surface area contributed by atoms with E-state index in [0.717, 1.165) is 0 Å². The van der Waals surface area contributed by atoms with Crippen LogP contribution in [-0.2, 0) is 0 Å². The maximum Gasteiger partial charge on any atom is 0.437 e. The Morgan fingerprint density at radius 2 is 1.77 bits per heavy atom. The number of hydrogen-bond acceptors (Lipinski definition) is 4. The number of halogens is 4. The SMILES string of the molecule is CCOc1ccc(C2NC(=O)N[C@](O)(C(F)(F)F)C2C(=O)c2ccc(Cl)cc2)cc1. The average molecular weight is 443 g/mol. The molecule has 3 N–H and O–H groups in total. The first kappa shape index (κ1) is 21.9. The summed E-state index contributed by atoms with van der Waals surface area (Å²) in [6.45, 7) is 2.15. The summed E-state index contributed by atoms with van der Waals surface area (Å²) in [6, 6.07) is 8.37. The Kier molecular flexibility index (Phi) is 5.96. The second-order valence-electron chi connectivity index (χ2n) is 6.69. The van der Waals surface area contributed by atoms with Crippen LogP contribution in [0.4, 0.5) is 18.0 Å². The van der Waals surface area contributed by atoms with Gasteiger partial charge in [-0.15, -0.1) is 0 Å². The van der Waals surface area contributed by atoms with Gasteiger partial charge in [-0.25, -0.2) is 4.79 Å². The second-order valence-corrected chi connectivity index (χ2v) is 7.13. The monoisotopic (exact) mass is 442 g/mol. The predicted molar refractivity (Wildman–Crippen MR) is 102 cm³/mol. The Morgan fingerprint density at radius 1 is 1.17 bits per heavy atom. The quantitative estimate of drug-likeness (QED) is 0.614. The molecule has 2 aromatic carbocycles. The van der Waals surface area contributed by atoms with Gasteiger partial charge in [-0.2, -0.15) is 13.2 Å². The van der Waals surface area contributed by atoms with E-state index >= 15 is 0 Å². The number of rotatable bonds is 5. The molecule has 0 saturated carbocycles. The van der Waals surface area contributed by atoms with Gasteiger partial charge in [0.05, 0.1) is 12.6 Å². The Morgan fingerprint density at radius 3 is 2.30 bits per heavy atom. The van der Waals surface area contributed by atoms with Crippen molar-refractivity contribution in [1.82, 2.24) is 10.6 Å². The number of carbonyl (C=O) groups is 2. The van der Waals surface area contributed by atoms with Crippen molar-refractivity contribution in [2.24, 2.45) is 5.92 Å². The molecular weight excluding hydrogens is 425 g/mol. The van der Waals surface area contributed by atoms with Crippen LogP contribution < -0.4 is 15.4 Å². The van der Waals surface area contributed by atoms with Gasteiger partial charge in [0.2, 0.25) is 5.72 Å². The third-order valence-corrected chi connectivity index (χ3v) is 5.02. The smallest absolute Gasteiger partial charge is 0.437 e. The third-order valence-electron chi connectivity index (χ3n) is 4.77. The van der Waals surface area contributed by atoms with E-state index < -0.39 is 35.7 Å². The van der Waals surface area contributed by atoms with E-state index in [9.17, 15) is 27.9 Å². The molecule has 2 aromatic rings. The molecule has 6 nitrogen and oxygen atoms in total. The Hall–Kier alpha value is -2.78. The number of amides is 2. The topological polar surface area (TPSA) is 87.7 Å². The molecule has 1 saturated heterocycles. The van der Waals surface area contributed by atoms with Gasteiger partial charge in [0.15, 0.2) is 5.78 Å². The minimum atomic E-state index is -5.32. The van der Waals surface area contributed by atoms with Crippen molar-refractivity contribution in [3.63, 3.8) is 0 Å². The van der Waals surface area contributed by atoms with Gasteiger partial charge in [-0.1, -0.05) is 23.7 Å². The van der Waals surface area contributed by atoms with Crippen LogP contribution >= 0.6 is 11.6 Å². The Balaban J connectivity index is 2.10. The molecule has 0 radical (unpaired) electrons. The van der Waals surface area contributed by atoms with Crippen LogP contribution in [0, 0.1) is 5.92 Å². The van der Waals surface area contributed by atoms with Gasteiger partial charge in [-0.05, 0) is 48.9 Å². The molecule has 1 heterocycles. The van der Waals surface area contributed by atoms with Gasteiger partial charge in [0, 0.05) is 10.6 Å². The van der Waals surface area contributed by atoms with Gasteiger partial charge in [0.1, 0.15) is 11.7 Å². The maximum absolute atomic E-state index is 13.9. The molecule has 1 aliphatic heterocycles. The number of benzene rings is 2. The predicted octanol–water partition coefficient (Wildman–Crippen LogP) is 3.84. The van der Waals surface area contributed by atoms with E-state index in [-0.39, 0.29) is 16.1 Å². The molecule has 3 rings (SSSR count). The fraction of sp³-hybridized carbons (Fsp3) is 0.300. The van der Waals surface area contributed by atoms with Crippen molar-refractivity contribution >= 4 is 23.4 Å². The molecule has 2 amide bonds. The number of alkyl halides is 3. The first-order valence-electron chi connectivity index (χ1n) is 8.97. The van der Waals surface area contributed by atoms with Gasteiger partial charge >= 0.3 is 12.2 Å². The minimum Gasteiger partial charge on any atom is -0.494 e. The van der Waals surface area contributed by atoms with E-state index in [1.807, 2.05) is 0 Å². The number of carbonyl (C=O) groups excluding carboxylic acids is 2. The Labute approximate surface area is 175 Å². The third kappa shape index (κ3) is 4.08. The summed E-state index contributed by atoms with van der Waals surface area (Å²) in [5.74, 6) is -2.65. The zero-order chi connectivity index (χ0) is 22.1. The van der Waals surface area contributed by atoms with Crippen molar-refractivity contribution in [3.05, 3.63) is 64.7 Å². The van der Waals surface area contributed by atoms with Gasteiger partial charge < -0.3 is 20.5 Å². The molecule has 0 aliphatic carbocycles. The summed E-state index contributed by atoms with van der Waals surface area (Å²) in [5, 5.41) is 14.6. The highest BCUT2D eigenvalue weighted by Crippen LogP contribution is 2.44. The zero-order valence-electron chi connectivity index (χ0n) is 15.7. The molecule has 3 atom stereocenters. The number of ether oxygens (including phenoxy) is 1. The summed E-state index contributed by atoms with van der Waals surface area (Å²) < 4.78 is 46.9. The van der Waals surface area contributed by atoms with Crippen LogP contribution in [0.25, 0.3) is 0 Å². The number of nitrogens with one attached hydrogen (secondary N) is 2. The standard InChI is InChI=1S/C20H18ClF3N2O4/c1-2-30-14-9-5-11(6-10-14)16-15(17(27)12-3-7-13(21)8-4-12)19(29,20(22,23)24)26-18(28)25-16/h3-10,15-16,29H,2H2,1H3,(H2,25,26,28)/t15?,16?,19-/m1/s1. The Bertz CT molecular complexity index is 935. The van der Waals surface area contributed by atoms with Crippen LogP contribution in [0.15, 0.2) is 48.5 Å². The summed E-state index contributed by atoms with van der Waals surface area (Å²) in [7, 11) is 0. The number of Topliss-reactive ketones (excluding diaryl/α,β-unsaturated/α-hetero) is 1. The van der Waals surface area contributed by atoms with Crippen molar-refractivity contribution in [2.75, 3.05) is 6.61 Å². The maximum atomic E-state index is 13.9. The van der Waals surface area contributed by atoms with E-state index in [1.165, 1.54) is 53.8 Å². The number of ketones is 1. The van der Waals surface area contributed by atoms with Crippen LogP contribution in [0.3, 0.4) is 0 Å². The lowest BCUT2D eigenvalue weighted by Crippen LogP contribution is -2.72. The first-order valence-corrected chi connectivity index (χ1v) is 9.35. The number of hydrogen-bond donors (Lipinski definition) is 3. The van der Waals surface area contributed by atoms with Crippen LogP contribution in [-0.4, -0.2) is 35.4 Å². The highest BCUT2D eigenvalue weighted by molar-refractivity contribution is 6.30. The fourth-order valence-electron chi connectivity index (χ4n) is 3.35. The highest BCUT2D eigenvalue weighted by atomic mass is 35.5. The van der Waals surface area contributed by atoms with Crippen LogP contribution in [0.5, 0.6) is 5.75 Å². The van der Waals surface area contributed by atoms with Crippen molar-refractivity contribution in [2.45, 2.75) is 24.9 Å². The largest absolute Gasteiger partial charge is 0.494 e. The molecule has 2 unspecified atom stereocenters. The van der Waals surface area contributed by atoms with E-state index in [4.69, 9.17) is 16.3 Å². The molecule has 10 heteroatoms. The van der Waals surface area contributed by atoms with Crippen molar-refractivity contribution in [3.8, 4) is 5.75 Å². The molecule has 1 fully saturated rings. The van der Waals surface area contributed by atoms with E-state index in [1.54, 1.807) is 6.92 Å². The van der Waals surface area contributed by atoms with E-state index in [0.29, 0.717) is 12.4 Å². The molecule has 160 valence electrons. The molecule has 0 aromatic heterocycles. The summed E-state index contributed by atoms with van der Waals surface area (Å²) >= 11 is 5.79. The summed E-state index contributed by atoms with van der Waals surface area (Å²) in [5.41, 5.74) is -3.68. The van der Waals surface area contributed by atoms with E-state index in [2.05, 4.69) is 5.32 Å². The minimum absolute atomic E-state index is 0.0963. The van der Waals surface area contributed by atoms with Gasteiger partial charge in [-0.3, -0.25) is 4.79 Å². The molecular formula is C20H18ClF3N2O4. The molecule has 30 heavy (non-hydrogen) atoms. The summed E-state index contributed by atoms with van der Waals surface area (Å²) in [4.78, 5) is 25.1. The van der Waals surface area contributed by atoms with Gasteiger partial charge in [0.25, 0.3) is 0 Å². The lowest BCUT2D eigenvalue weighted by Gasteiger charge is -2.45. The zero-order valence-corrected chi connectivity index (χ0v) is 16.4. The molecule has 0 bridgehead atoms. The lowest BCUT2D eigenvalue weighted by molar-refractivity contribution is -0.287. The van der Waals surface area contributed by atoms with Crippen molar-refractivity contribution < 1.29 is 32.6 Å².